The van der Waals surface area contributed by atoms with Gasteiger partial charge in [-0.15, -0.1) is 0 Å². The van der Waals surface area contributed by atoms with Crippen LogP contribution in [0.1, 0.15) is 32.3 Å². The Morgan fingerprint density at radius 1 is 1.28 bits per heavy atom. The van der Waals surface area contributed by atoms with E-state index in [1.165, 1.54) is 0 Å². The van der Waals surface area contributed by atoms with Gasteiger partial charge in [-0.3, -0.25) is 4.79 Å². The molecular formula is C15H18ClNO. The van der Waals surface area contributed by atoms with Crippen molar-refractivity contribution in [3.63, 3.8) is 0 Å². The van der Waals surface area contributed by atoms with Crippen LogP contribution in [0.5, 0.6) is 0 Å². The number of aryl methyl sites for hydroxylation is 1. The fourth-order valence-corrected chi connectivity index (χ4v) is 2.50. The first-order valence-electron chi connectivity index (χ1n) is 6.12. The second kappa shape index (κ2) is 4.77. The van der Waals surface area contributed by atoms with Crippen molar-refractivity contribution in [2.45, 2.75) is 33.6 Å². The van der Waals surface area contributed by atoms with Crippen molar-refractivity contribution in [3.8, 4) is 0 Å². The summed E-state index contributed by atoms with van der Waals surface area (Å²) in [6, 6.07) is 5.84. The molecule has 18 heavy (non-hydrogen) atoms. The standard InChI is InChI=1S/C15H18ClNO/c1-10-4-5-13(16)14(6-10)17-11-7-12(18)9-15(2,3)8-11/h4-7,17H,8-9H2,1-3H3. The van der Waals surface area contributed by atoms with Gasteiger partial charge >= 0.3 is 0 Å². The van der Waals surface area contributed by atoms with Crippen molar-refractivity contribution in [1.82, 2.24) is 0 Å². The van der Waals surface area contributed by atoms with E-state index in [2.05, 4.69) is 19.2 Å². The van der Waals surface area contributed by atoms with Crippen LogP contribution in [0, 0.1) is 12.3 Å². The van der Waals surface area contributed by atoms with Crippen LogP contribution in [0.3, 0.4) is 0 Å². The van der Waals surface area contributed by atoms with E-state index in [0.717, 1.165) is 23.4 Å². The molecule has 0 unspecified atom stereocenters. The summed E-state index contributed by atoms with van der Waals surface area (Å²) >= 11 is 6.15. The maximum atomic E-state index is 11.7. The van der Waals surface area contributed by atoms with Crippen molar-refractivity contribution < 1.29 is 4.79 Å². The predicted octanol–water partition coefficient (Wildman–Crippen LogP) is 4.33. The van der Waals surface area contributed by atoms with E-state index < -0.39 is 0 Å². The molecular weight excluding hydrogens is 246 g/mol. The number of carbonyl (C=O) groups is 1. The second-order valence-corrected chi connectivity index (χ2v) is 6.17. The minimum Gasteiger partial charge on any atom is -0.358 e. The molecule has 0 amide bonds. The van der Waals surface area contributed by atoms with Crippen molar-refractivity contribution >= 4 is 23.1 Å². The third-order valence-electron chi connectivity index (χ3n) is 3.07. The summed E-state index contributed by atoms with van der Waals surface area (Å²) in [5.74, 6) is 0.178. The van der Waals surface area contributed by atoms with E-state index >= 15 is 0 Å². The number of rotatable bonds is 2. The quantitative estimate of drug-likeness (QED) is 0.860. The van der Waals surface area contributed by atoms with E-state index in [-0.39, 0.29) is 11.2 Å². The largest absolute Gasteiger partial charge is 0.358 e. The van der Waals surface area contributed by atoms with Gasteiger partial charge in [-0.05, 0) is 36.5 Å². The highest BCUT2D eigenvalue weighted by Gasteiger charge is 2.27. The number of hydrogen-bond acceptors (Lipinski definition) is 2. The molecule has 0 fully saturated rings. The summed E-state index contributed by atoms with van der Waals surface area (Å²) in [6.45, 7) is 6.24. The number of carbonyl (C=O) groups excluding carboxylic acids is 1. The van der Waals surface area contributed by atoms with Crippen LogP contribution in [0.2, 0.25) is 5.02 Å². The van der Waals surface area contributed by atoms with Gasteiger partial charge < -0.3 is 5.32 Å². The lowest BCUT2D eigenvalue weighted by atomic mass is 9.79. The maximum Gasteiger partial charge on any atom is 0.157 e. The fourth-order valence-electron chi connectivity index (χ4n) is 2.33. The molecule has 0 radical (unpaired) electrons. The van der Waals surface area contributed by atoms with Crippen LogP contribution in [0.25, 0.3) is 0 Å². The third kappa shape index (κ3) is 3.14. The summed E-state index contributed by atoms with van der Waals surface area (Å²) < 4.78 is 0. The minimum absolute atomic E-state index is 0.0183. The molecule has 0 spiro atoms. The minimum atomic E-state index is 0.0183. The zero-order chi connectivity index (χ0) is 13.3. The first-order chi connectivity index (χ1) is 8.35. The molecule has 96 valence electrons. The molecule has 2 rings (SSSR count). The average molecular weight is 264 g/mol. The van der Waals surface area contributed by atoms with E-state index in [1.54, 1.807) is 6.08 Å². The van der Waals surface area contributed by atoms with Crippen LogP contribution in [-0.2, 0) is 4.79 Å². The summed E-state index contributed by atoms with van der Waals surface area (Å²) in [4.78, 5) is 11.7. The maximum absolute atomic E-state index is 11.7. The van der Waals surface area contributed by atoms with Crippen LogP contribution >= 0.6 is 11.6 Å². The van der Waals surface area contributed by atoms with Gasteiger partial charge in [0, 0.05) is 18.2 Å². The second-order valence-electron chi connectivity index (χ2n) is 5.76. The van der Waals surface area contributed by atoms with Gasteiger partial charge in [0.2, 0.25) is 0 Å². The van der Waals surface area contributed by atoms with E-state index in [9.17, 15) is 4.79 Å². The molecule has 1 aliphatic carbocycles. The first-order valence-corrected chi connectivity index (χ1v) is 6.50. The van der Waals surface area contributed by atoms with Gasteiger partial charge in [0.05, 0.1) is 10.7 Å². The van der Waals surface area contributed by atoms with Crippen molar-refractivity contribution in [3.05, 3.63) is 40.6 Å². The molecule has 0 aromatic heterocycles. The zero-order valence-corrected chi connectivity index (χ0v) is 11.8. The molecule has 2 nitrogen and oxygen atoms in total. The van der Waals surface area contributed by atoms with Gasteiger partial charge in [-0.1, -0.05) is 31.5 Å². The number of anilines is 1. The summed E-state index contributed by atoms with van der Waals surface area (Å²) in [7, 11) is 0. The van der Waals surface area contributed by atoms with Gasteiger partial charge in [-0.25, -0.2) is 0 Å². The Hall–Kier alpha value is -1.28. The molecule has 0 aliphatic heterocycles. The lowest BCUT2D eigenvalue weighted by molar-refractivity contribution is -0.117. The Labute approximate surface area is 113 Å². The van der Waals surface area contributed by atoms with Crippen LogP contribution in [-0.4, -0.2) is 5.78 Å². The molecule has 1 N–H and O–H groups in total. The Bertz CT molecular complexity index is 517. The molecule has 1 aromatic carbocycles. The van der Waals surface area contributed by atoms with Crippen molar-refractivity contribution in [2.24, 2.45) is 5.41 Å². The van der Waals surface area contributed by atoms with Gasteiger partial charge in [0.15, 0.2) is 5.78 Å². The fraction of sp³-hybridized carbons (Fsp3) is 0.400. The Morgan fingerprint density at radius 2 is 2.00 bits per heavy atom. The normalized spacial score (nSPS) is 18.4. The van der Waals surface area contributed by atoms with Gasteiger partial charge in [0.1, 0.15) is 0 Å². The zero-order valence-electron chi connectivity index (χ0n) is 11.0. The SMILES string of the molecule is Cc1ccc(Cl)c(NC2=CC(=O)CC(C)(C)C2)c1. The summed E-state index contributed by atoms with van der Waals surface area (Å²) in [6.07, 6.45) is 3.17. The highest BCUT2D eigenvalue weighted by Crippen LogP contribution is 2.35. The Morgan fingerprint density at radius 3 is 2.67 bits per heavy atom. The number of benzene rings is 1. The Balaban J connectivity index is 2.24. The number of allylic oxidation sites excluding steroid dienone is 2. The number of ketones is 1. The number of nitrogens with one attached hydrogen (secondary N) is 1. The van der Waals surface area contributed by atoms with Crippen LogP contribution in [0.15, 0.2) is 30.0 Å². The van der Waals surface area contributed by atoms with E-state index in [1.807, 2.05) is 25.1 Å². The van der Waals surface area contributed by atoms with Crippen molar-refractivity contribution in [1.29, 1.82) is 0 Å². The van der Waals surface area contributed by atoms with Gasteiger partial charge in [0.25, 0.3) is 0 Å². The predicted molar refractivity (Wildman–Crippen MR) is 75.9 cm³/mol. The monoisotopic (exact) mass is 263 g/mol. The summed E-state index contributed by atoms with van der Waals surface area (Å²) in [5.41, 5.74) is 2.98. The smallest absolute Gasteiger partial charge is 0.157 e. The summed E-state index contributed by atoms with van der Waals surface area (Å²) in [5, 5.41) is 3.96. The average Bonchev–Trinajstić information content (AvgIpc) is 2.20. The number of halogens is 1. The lowest BCUT2D eigenvalue weighted by Gasteiger charge is -2.29. The van der Waals surface area contributed by atoms with E-state index in [4.69, 9.17) is 11.6 Å². The first kappa shape index (κ1) is 13.2. The highest BCUT2D eigenvalue weighted by molar-refractivity contribution is 6.33. The molecule has 1 aliphatic rings. The van der Waals surface area contributed by atoms with Crippen LogP contribution < -0.4 is 5.32 Å². The molecule has 0 saturated carbocycles. The number of hydrogen-bond donors (Lipinski definition) is 1. The third-order valence-corrected chi connectivity index (χ3v) is 3.40. The topological polar surface area (TPSA) is 29.1 Å². The van der Waals surface area contributed by atoms with Crippen LogP contribution in [0.4, 0.5) is 5.69 Å². The van der Waals surface area contributed by atoms with Gasteiger partial charge in [-0.2, -0.15) is 0 Å². The molecule has 3 heteroatoms. The van der Waals surface area contributed by atoms with Crippen molar-refractivity contribution in [2.75, 3.05) is 5.32 Å². The molecule has 0 saturated heterocycles. The lowest BCUT2D eigenvalue weighted by Crippen LogP contribution is -2.24. The highest BCUT2D eigenvalue weighted by atomic mass is 35.5. The molecule has 1 aromatic rings. The van der Waals surface area contributed by atoms with E-state index in [0.29, 0.717) is 11.4 Å². The Kier molecular flexibility index (Phi) is 3.49. The molecule has 0 atom stereocenters. The molecule has 0 bridgehead atoms. The molecule has 0 heterocycles.